The first-order chi connectivity index (χ1) is 15.1. The van der Waals surface area contributed by atoms with Gasteiger partial charge in [0.05, 0.1) is 0 Å². The monoisotopic (exact) mass is 434 g/mol. The summed E-state index contributed by atoms with van der Waals surface area (Å²) in [4.78, 5) is 28.4. The first-order valence-corrected chi connectivity index (χ1v) is 11.1. The third-order valence-electron chi connectivity index (χ3n) is 5.33. The lowest BCUT2D eigenvalue weighted by Crippen LogP contribution is -2.46. The van der Waals surface area contributed by atoms with Crippen LogP contribution in [0.2, 0.25) is 0 Å². The molecule has 0 aliphatic carbocycles. The van der Waals surface area contributed by atoms with E-state index in [-0.39, 0.29) is 23.7 Å². The molecule has 3 aromatic rings. The van der Waals surface area contributed by atoms with Crippen LogP contribution < -0.4 is 5.32 Å². The van der Waals surface area contributed by atoms with Crippen LogP contribution in [-0.2, 0) is 4.79 Å². The van der Waals surface area contributed by atoms with Gasteiger partial charge in [0.25, 0.3) is 5.91 Å². The van der Waals surface area contributed by atoms with E-state index in [1.807, 2.05) is 36.4 Å². The average molecular weight is 435 g/mol. The molecule has 4 nitrogen and oxygen atoms in total. The van der Waals surface area contributed by atoms with Gasteiger partial charge in [-0.3, -0.25) is 9.59 Å². The second-order valence-corrected chi connectivity index (χ2v) is 8.57. The molecule has 1 saturated heterocycles. The van der Waals surface area contributed by atoms with Crippen molar-refractivity contribution in [1.29, 1.82) is 0 Å². The maximum Gasteiger partial charge on any atom is 0.251 e. The van der Waals surface area contributed by atoms with Crippen molar-refractivity contribution in [3.63, 3.8) is 0 Å². The van der Waals surface area contributed by atoms with Crippen molar-refractivity contribution in [2.24, 2.45) is 0 Å². The van der Waals surface area contributed by atoms with Crippen LogP contribution >= 0.6 is 11.3 Å². The third kappa shape index (κ3) is 5.27. The predicted molar refractivity (Wildman–Crippen MR) is 122 cm³/mol. The molecule has 2 amide bonds. The van der Waals surface area contributed by atoms with E-state index in [1.165, 1.54) is 17.4 Å². The van der Waals surface area contributed by atoms with Crippen LogP contribution in [0.3, 0.4) is 0 Å². The van der Waals surface area contributed by atoms with Gasteiger partial charge in [-0.1, -0.05) is 36.4 Å². The standard InChI is InChI=1S/C25H23FN2O2S/c26-22-9-5-4-8-21(22)23-12-10-20(31-23)11-13-24(29)28-16-14-19(15-17-28)27-25(30)18-6-2-1-3-7-18/h1-13,19H,14-17H2,(H,27,30)/b13-11+. The van der Waals surface area contributed by atoms with Crippen LogP contribution in [-0.4, -0.2) is 35.8 Å². The molecular weight excluding hydrogens is 411 g/mol. The molecule has 4 rings (SSSR count). The first kappa shape index (κ1) is 21.0. The van der Waals surface area contributed by atoms with Crippen molar-refractivity contribution >= 4 is 29.2 Å². The molecule has 158 valence electrons. The molecule has 0 atom stereocenters. The number of benzene rings is 2. The molecule has 1 aliphatic heterocycles. The highest BCUT2D eigenvalue weighted by molar-refractivity contribution is 7.16. The maximum absolute atomic E-state index is 14.0. The molecular formula is C25H23FN2O2S. The summed E-state index contributed by atoms with van der Waals surface area (Å²) < 4.78 is 14.0. The van der Waals surface area contributed by atoms with E-state index < -0.39 is 0 Å². The van der Waals surface area contributed by atoms with Gasteiger partial charge in [-0.05, 0) is 49.2 Å². The normalized spacial score (nSPS) is 14.7. The SMILES string of the molecule is O=C(NC1CCN(C(=O)/C=C/c2ccc(-c3ccccc3F)s2)CC1)c1ccccc1. The lowest BCUT2D eigenvalue weighted by molar-refractivity contribution is -0.126. The Morgan fingerprint density at radius 1 is 0.968 bits per heavy atom. The van der Waals surface area contributed by atoms with Gasteiger partial charge in [0.2, 0.25) is 5.91 Å². The van der Waals surface area contributed by atoms with Gasteiger partial charge >= 0.3 is 0 Å². The van der Waals surface area contributed by atoms with Gasteiger partial charge in [0, 0.05) is 46.1 Å². The molecule has 1 aliphatic rings. The van der Waals surface area contributed by atoms with Crippen LogP contribution in [0.15, 0.2) is 72.8 Å². The van der Waals surface area contributed by atoms with E-state index in [0.717, 1.165) is 22.6 Å². The van der Waals surface area contributed by atoms with Gasteiger partial charge in [0.1, 0.15) is 5.82 Å². The summed E-state index contributed by atoms with van der Waals surface area (Å²) in [5, 5.41) is 3.05. The van der Waals surface area contributed by atoms with Gasteiger partial charge in [-0.2, -0.15) is 0 Å². The lowest BCUT2D eigenvalue weighted by atomic mass is 10.0. The highest BCUT2D eigenvalue weighted by atomic mass is 32.1. The molecule has 2 aromatic carbocycles. The average Bonchev–Trinajstić information content (AvgIpc) is 3.27. The Balaban J connectivity index is 1.29. The van der Waals surface area contributed by atoms with Crippen molar-refractivity contribution < 1.29 is 14.0 Å². The Kier molecular flexibility index (Phi) is 6.57. The highest BCUT2D eigenvalue weighted by Gasteiger charge is 2.23. The summed E-state index contributed by atoms with van der Waals surface area (Å²) in [6, 6.07) is 19.7. The fourth-order valence-corrected chi connectivity index (χ4v) is 4.55. The zero-order valence-electron chi connectivity index (χ0n) is 17.0. The van der Waals surface area contributed by atoms with E-state index in [9.17, 15) is 14.0 Å². The second-order valence-electron chi connectivity index (χ2n) is 7.45. The minimum Gasteiger partial charge on any atom is -0.349 e. The van der Waals surface area contributed by atoms with Crippen LogP contribution in [0.25, 0.3) is 16.5 Å². The fourth-order valence-electron chi connectivity index (χ4n) is 3.61. The number of nitrogens with zero attached hydrogens (tertiary/aromatic N) is 1. The quantitative estimate of drug-likeness (QED) is 0.575. The maximum atomic E-state index is 14.0. The molecule has 0 radical (unpaired) electrons. The summed E-state index contributed by atoms with van der Waals surface area (Å²) in [6.45, 7) is 1.21. The molecule has 1 aromatic heterocycles. The Hall–Kier alpha value is -3.25. The number of halogens is 1. The minimum absolute atomic E-state index is 0.0475. The summed E-state index contributed by atoms with van der Waals surface area (Å²) >= 11 is 1.45. The van der Waals surface area contributed by atoms with Gasteiger partial charge in [-0.15, -0.1) is 11.3 Å². The Bertz CT molecular complexity index is 1090. The van der Waals surface area contributed by atoms with E-state index in [4.69, 9.17) is 0 Å². The summed E-state index contributed by atoms with van der Waals surface area (Å²) in [6.07, 6.45) is 4.81. The van der Waals surface area contributed by atoms with Crippen LogP contribution in [0.1, 0.15) is 28.1 Å². The van der Waals surface area contributed by atoms with Gasteiger partial charge < -0.3 is 10.2 Å². The number of likely N-dealkylation sites (tertiary alicyclic amines) is 1. The largest absolute Gasteiger partial charge is 0.349 e. The lowest BCUT2D eigenvalue weighted by Gasteiger charge is -2.31. The zero-order valence-corrected chi connectivity index (χ0v) is 17.8. The Labute approximate surface area is 185 Å². The zero-order chi connectivity index (χ0) is 21.6. The van der Waals surface area contributed by atoms with Crippen LogP contribution in [0, 0.1) is 5.82 Å². The predicted octanol–water partition coefficient (Wildman–Crippen LogP) is 4.99. The number of thiophene rings is 1. The Morgan fingerprint density at radius 2 is 1.68 bits per heavy atom. The number of carbonyl (C=O) groups excluding carboxylic acids is 2. The summed E-state index contributed by atoms with van der Waals surface area (Å²) in [7, 11) is 0. The van der Waals surface area contributed by atoms with E-state index in [1.54, 1.807) is 41.3 Å². The number of hydrogen-bond acceptors (Lipinski definition) is 3. The molecule has 0 spiro atoms. The number of nitrogens with one attached hydrogen (secondary N) is 1. The number of carbonyl (C=O) groups is 2. The van der Waals surface area contributed by atoms with Gasteiger partial charge in [-0.25, -0.2) is 4.39 Å². The Morgan fingerprint density at radius 3 is 2.42 bits per heavy atom. The summed E-state index contributed by atoms with van der Waals surface area (Å²) in [5.41, 5.74) is 1.22. The molecule has 31 heavy (non-hydrogen) atoms. The molecule has 0 saturated carbocycles. The molecule has 6 heteroatoms. The highest BCUT2D eigenvalue weighted by Crippen LogP contribution is 2.30. The second kappa shape index (κ2) is 9.71. The van der Waals surface area contributed by atoms with Crippen molar-refractivity contribution in [3.8, 4) is 10.4 Å². The van der Waals surface area contributed by atoms with Crippen molar-refractivity contribution in [2.75, 3.05) is 13.1 Å². The summed E-state index contributed by atoms with van der Waals surface area (Å²) in [5.74, 6) is -0.375. The number of rotatable bonds is 5. The molecule has 0 bridgehead atoms. The van der Waals surface area contributed by atoms with Crippen LogP contribution in [0.5, 0.6) is 0 Å². The van der Waals surface area contributed by atoms with E-state index in [0.29, 0.717) is 24.2 Å². The third-order valence-corrected chi connectivity index (χ3v) is 6.42. The molecule has 0 unspecified atom stereocenters. The minimum atomic E-state index is -0.252. The van der Waals surface area contributed by atoms with E-state index >= 15 is 0 Å². The number of amides is 2. The first-order valence-electron chi connectivity index (χ1n) is 10.3. The van der Waals surface area contributed by atoms with E-state index in [2.05, 4.69) is 5.32 Å². The molecule has 1 fully saturated rings. The van der Waals surface area contributed by atoms with Crippen LogP contribution in [0.4, 0.5) is 4.39 Å². The van der Waals surface area contributed by atoms with Crippen molar-refractivity contribution in [3.05, 3.63) is 89.1 Å². The topological polar surface area (TPSA) is 49.4 Å². The molecule has 1 N–H and O–H groups in total. The number of piperidine rings is 1. The smallest absolute Gasteiger partial charge is 0.251 e. The number of hydrogen-bond donors (Lipinski definition) is 1. The van der Waals surface area contributed by atoms with Gasteiger partial charge in [0.15, 0.2) is 0 Å². The fraction of sp³-hybridized carbons (Fsp3) is 0.200. The molecule has 2 heterocycles. The van der Waals surface area contributed by atoms with Crippen molar-refractivity contribution in [1.82, 2.24) is 10.2 Å². The van der Waals surface area contributed by atoms with Crippen molar-refractivity contribution in [2.45, 2.75) is 18.9 Å².